The van der Waals surface area contributed by atoms with Crippen LogP contribution in [0.3, 0.4) is 0 Å². The third-order valence-electron chi connectivity index (χ3n) is 13.9. The molecule has 1 heterocycles. The largest absolute Gasteiger partial charge is 0.394 e. The van der Waals surface area contributed by atoms with Gasteiger partial charge in [-0.15, -0.1) is 0 Å². The van der Waals surface area contributed by atoms with Crippen LogP contribution in [-0.2, 0) is 14.3 Å². The molecule has 0 aromatic carbocycles. The molecule has 9 heteroatoms. The number of rotatable bonds is 50. The standard InChI is InChI=1S/C60H111NO8/c1-3-5-7-9-11-13-15-17-19-21-22-23-24-25-26-27-28-29-30-31-32-34-35-37-39-41-43-45-47-49-54(63)53(52-68-60-59(67)58(66)57(65)55(51-62)69-60)61-56(64)50-48-46-44-42-40-38-36-33-20-18-16-14-12-10-8-6-4-2/h6,8,12,14,18,20,47,49,53-55,57-60,62-63,65-67H,3-5,7,9-11,13,15-17,19,21-46,48,50-52H2,1-2H3,(H,61,64)/b8-6-,14-12-,20-18-,49-47+. The molecule has 1 rings (SSSR count). The van der Waals surface area contributed by atoms with E-state index in [1.165, 1.54) is 180 Å². The zero-order valence-corrected chi connectivity index (χ0v) is 44.8. The van der Waals surface area contributed by atoms with Gasteiger partial charge in [0, 0.05) is 6.42 Å². The summed E-state index contributed by atoms with van der Waals surface area (Å²) in [6, 6.07) is -0.812. The molecule has 7 unspecified atom stereocenters. The molecule has 69 heavy (non-hydrogen) atoms. The van der Waals surface area contributed by atoms with Crippen LogP contribution < -0.4 is 5.32 Å². The lowest BCUT2D eigenvalue weighted by atomic mass is 9.99. The third-order valence-corrected chi connectivity index (χ3v) is 13.9. The lowest BCUT2D eigenvalue weighted by Gasteiger charge is -2.40. The summed E-state index contributed by atoms with van der Waals surface area (Å²) < 4.78 is 11.3. The number of aliphatic hydroxyl groups is 5. The predicted molar refractivity (Wildman–Crippen MR) is 290 cm³/mol. The smallest absolute Gasteiger partial charge is 0.220 e. The molecule has 6 N–H and O–H groups in total. The first-order valence-corrected chi connectivity index (χ1v) is 29.4. The fourth-order valence-electron chi connectivity index (χ4n) is 9.29. The van der Waals surface area contributed by atoms with E-state index in [1.807, 2.05) is 6.08 Å². The number of allylic oxidation sites excluding steroid dienone is 7. The molecule has 0 aromatic rings. The zero-order valence-electron chi connectivity index (χ0n) is 44.8. The van der Waals surface area contributed by atoms with Gasteiger partial charge in [-0.25, -0.2) is 0 Å². The van der Waals surface area contributed by atoms with Gasteiger partial charge < -0.3 is 40.3 Å². The second-order valence-corrected chi connectivity index (χ2v) is 20.4. The predicted octanol–water partition coefficient (Wildman–Crippen LogP) is 14.5. The highest BCUT2D eigenvalue weighted by atomic mass is 16.7. The molecule has 0 saturated carbocycles. The van der Waals surface area contributed by atoms with Gasteiger partial charge >= 0.3 is 0 Å². The summed E-state index contributed by atoms with van der Waals surface area (Å²) in [5.74, 6) is -0.186. The first kappa shape index (κ1) is 65.2. The highest BCUT2D eigenvalue weighted by Crippen LogP contribution is 2.23. The number of hydrogen-bond acceptors (Lipinski definition) is 8. The number of amides is 1. The molecule has 0 aromatic heterocycles. The van der Waals surface area contributed by atoms with E-state index >= 15 is 0 Å². The van der Waals surface area contributed by atoms with Crippen LogP contribution in [0.4, 0.5) is 0 Å². The quantitative estimate of drug-likeness (QED) is 0.0261. The van der Waals surface area contributed by atoms with Crippen LogP contribution >= 0.6 is 0 Å². The second kappa shape index (κ2) is 49.7. The molecule has 1 fully saturated rings. The number of ether oxygens (including phenoxy) is 2. The van der Waals surface area contributed by atoms with Crippen molar-refractivity contribution in [1.29, 1.82) is 0 Å². The van der Waals surface area contributed by atoms with Crippen LogP contribution in [0.25, 0.3) is 0 Å². The Bertz CT molecular complexity index is 1220. The molecule has 0 aliphatic carbocycles. The topological polar surface area (TPSA) is 149 Å². The summed E-state index contributed by atoms with van der Waals surface area (Å²) in [7, 11) is 0. The van der Waals surface area contributed by atoms with Gasteiger partial charge in [0.1, 0.15) is 24.4 Å². The Morgan fingerprint density at radius 1 is 0.507 bits per heavy atom. The molecule has 404 valence electrons. The molecule has 7 atom stereocenters. The summed E-state index contributed by atoms with van der Waals surface area (Å²) in [6.45, 7) is 3.68. The number of carbonyl (C=O) groups is 1. The van der Waals surface area contributed by atoms with Crippen LogP contribution in [-0.4, -0.2) is 87.5 Å². The first-order chi connectivity index (χ1) is 33.8. The monoisotopic (exact) mass is 974 g/mol. The van der Waals surface area contributed by atoms with Crippen molar-refractivity contribution in [2.75, 3.05) is 13.2 Å². The minimum Gasteiger partial charge on any atom is -0.394 e. The zero-order chi connectivity index (χ0) is 50.1. The SMILES string of the molecule is CC/C=C\C/C=C\C/C=C\CCCCCCCCCC(=O)NC(COC1OC(CO)C(O)C(O)C1O)C(O)/C=C/CCCCCCCCCCCCCCCCCCCCCCCCCCCCC. The van der Waals surface area contributed by atoms with E-state index < -0.39 is 49.5 Å². The Morgan fingerprint density at radius 3 is 1.33 bits per heavy atom. The summed E-state index contributed by atoms with van der Waals surface area (Å²) in [6.07, 6.45) is 59.0. The van der Waals surface area contributed by atoms with E-state index in [0.29, 0.717) is 6.42 Å². The van der Waals surface area contributed by atoms with E-state index in [0.717, 1.165) is 70.6 Å². The summed E-state index contributed by atoms with van der Waals surface area (Å²) in [5, 5.41) is 54.5. The Balaban J connectivity index is 2.19. The maximum Gasteiger partial charge on any atom is 0.220 e. The minimum absolute atomic E-state index is 0.186. The van der Waals surface area contributed by atoms with Gasteiger partial charge in [0.15, 0.2) is 6.29 Å². The number of hydrogen-bond donors (Lipinski definition) is 6. The Hall–Kier alpha value is -1.85. The van der Waals surface area contributed by atoms with Crippen molar-refractivity contribution in [1.82, 2.24) is 5.32 Å². The highest BCUT2D eigenvalue weighted by molar-refractivity contribution is 5.76. The van der Waals surface area contributed by atoms with Crippen molar-refractivity contribution in [3.63, 3.8) is 0 Å². The average molecular weight is 975 g/mol. The molecule has 1 aliphatic heterocycles. The van der Waals surface area contributed by atoms with Gasteiger partial charge in [-0.2, -0.15) is 0 Å². The Morgan fingerprint density at radius 2 is 0.899 bits per heavy atom. The Kier molecular flexibility index (Phi) is 47.0. The van der Waals surface area contributed by atoms with Gasteiger partial charge in [-0.05, 0) is 51.4 Å². The average Bonchev–Trinajstić information content (AvgIpc) is 3.35. The molecular weight excluding hydrogens is 863 g/mol. The molecule has 1 saturated heterocycles. The van der Waals surface area contributed by atoms with Gasteiger partial charge in [0.05, 0.1) is 25.4 Å². The molecule has 1 amide bonds. The van der Waals surface area contributed by atoms with E-state index in [-0.39, 0.29) is 12.5 Å². The van der Waals surface area contributed by atoms with Gasteiger partial charge in [0.2, 0.25) is 5.91 Å². The van der Waals surface area contributed by atoms with E-state index in [2.05, 4.69) is 55.6 Å². The van der Waals surface area contributed by atoms with Gasteiger partial charge in [-0.3, -0.25) is 4.79 Å². The van der Waals surface area contributed by atoms with Crippen molar-refractivity contribution >= 4 is 5.91 Å². The van der Waals surface area contributed by atoms with Gasteiger partial charge in [-0.1, -0.05) is 262 Å². The lowest BCUT2D eigenvalue weighted by molar-refractivity contribution is -0.302. The normalized spacial score (nSPS) is 19.8. The van der Waals surface area contributed by atoms with Crippen molar-refractivity contribution in [3.05, 3.63) is 48.6 Å². The van der Waals surface area contributed by atoms with E-state index in [9.17, 15) is 30.3 Å². The number of unbranched alkanes of at least 4 members (excludes halogenated alkanes) is 34. The first-order valence-electron chi connectivity index (χ1n) is 29.4. The van der Waals surface area contributed by atoms with Crippen LogP contribution in [0.5, 0.6) is 0 Å². The molecule has 1 aliphatic rings. The lowest BCUT2D eigenvalue weighted by Crippen LogP contribution is -2.60. The molecule has 0 radical (unpaired) electrons. The molecule has 9 nitrogen and oxygen atoms in total. The summed E-state index contributed by atoms with van der Waals surface area (Å²) in [5.41, 5.74) is 0. The van der Waals surface area contributed by atoms with E-state index in [1.54, 1.807) is 6.08 Å². The fourth-order valence-corrected chi connectivity index (χ4v) is 9.29. The highest BCUT2D eigenvalue weighted by Gasteiger charge is 2.44. The molecular formula is C60H111NO8. The van der Waals surface area contributed by atoms with Crippen molar-refractivity contribution in [3.8, 4) is 0 Å². The maximum absolute atomic E-state index is 13.0. The molecule has 0 spiro atoms. The number of nitrogens with one attached hydrogen (secondary N) is 1. The summed E-state index contributed by atoms with van der Waals surface area (Å²) in [4.78, 5) is 13.0. The van der Waals surface area contributed by atoms with Crippen molar-refractivity contribution in [2.45, 2.75) is 314 Å². The van der Waals surface area contributed by atoms with Crippen molar-refractivity contribution < 1.29 is 39.8 Å². The van der Waals surface area contributed by atoms with Crippen molar-refractivity contribution in [2.24, 2.45) is 0 Å². The van der Waals surface area contributed by atoms with Crippen LogP contribution in [0.15, 0.2) is 48.6 Å². The number of aliphatic hydroxyl groups excluding tert-OH is 5. The van der Waals surface area contributed by atoms with Crippen LogP contribution in [0, 0.1) is 0 Å². The van der Waals surface area contributed by atoms with E-state index in [4.69, 9.17) is 9.47 Å². The fraction of sp³-hybridized carbons (Fsp3) is 0.850. The minimum atomic E-state index is -1.57. The van der Waals surface area contributed by atoms with Gasteiger partial charge in [0.25, 0.3) is 0 Å². The third kappa shape index (κ3) is 39.4. The second-order valence-electron chi connectivity index (χ2n) is 20.4. The number of carbonyl (C=O) groups excluding carboxylic acids is 1. The molecule has 0 bridgehead atoms. The van der Waals surface area contributed by atoms with Crippen LogP contribution in [0.1, 0.15) is 271 Å². The Labute approximate surface area is 424 Å². The maximum atomic E-state index is 13.0. The van der Waals surface area contributed by atoms with Crippen LogP contribution in [0.2, 0.25) is 0 Å². The summed E-state index contributed by atoms with van der Waals surface area (Å²) >= 11 is 0.